The van der Waals surface area contributed by atoms with Crippen molar-refractivity contribution < 1.29 is 18.7 Å². The van der Waals surface area contributed by atoms with Gasteiger partial charge in [-0.1, -0.05) is 11.6 Å². The second-order valence-corrected chi connectivity index (χ2v) is 7.77. The largest absolute Gasteiger partial charge is 0.381 e. The molecular weight excluding hydrogens is 399 g/mol. The highest BCUT2D eigenvalue weighted by atomic mass is 35.5. The summed E-state index contributed by atoms with van der Waals surface area (Å²) in [5, 5.41) is 7.32. The van der Waals surface area contributed by atoms with Gasteiger partial charge in [0.1, 0.15) is 11.6 Å². The van der Waals surface area contributed by atoms with E-state index in [0.717, 1.165) is 6.42 Å². The number of benzene rings is 1. The molecule has 0 unspecified atom stereocenters. The van der Waals surface area contributed by atoms with Crippen LogP contribution in [0, 0.1) is 11.7 Å². The molecule has 1 aromatic carbocycles. The quantitative estimate of drug-likeness (QED) is 0.824. The van der Waals surface area contributed by atoms with Crippen molar-refractivity contribution in [3.63, 3.8) is 0 Å². The first-order valence-corrected chi connectivity index (χ1v) is 10.1. The summed E-state index contributed by atoms with van der Waals surface area (Å²) in [6, 6.07) is 5.96. The van der Waals surface area contributed by atoms with Crippen LogP contribution in [0.4, 0.5) is 10.2 Å². The Hall–Kier alpha value is -2.45. The maximum Gasteiger partial charge on any atom is 0.253 e. The Bertz CT molecular complexity index is 905. The monoisotopic (exact) mass is 420 g/mol. The van der Waals surface area contributed by atoms with Gasteiger partial charge in [0.2, 0.25) is 5.91 Å². The Morgan fingerprint density at radius 1 is 1.21 bits per heavy atom. The lowest BCUT2D eigenvalue weighted by Crippen LogP contribution is -2.39. The highest BCUT2D eigenvalue weighted by molar-refractivity contribution is 6.30. The Labute approximate surface area is 172 Å². The molecule has 1 N–H and O–H groups in total. The van der Waals surface area contributed by atoms with E-state index in [1.54, 1.807) is 17.2 Å². The van der Waals surface area contributed by atoms with Gasteiger partial charge in [-0.25, -0.2) is 9.07 Å². The number of halogens is 2. The molecule has 2 aromatic rings. The minimum absolute atomic E-state index is 0.00215. The fraction of sp³-hybridized carbons (Fsp3) is 0.450. The average molecular weight is 421 g/mol. The van der Waals surface area contributed by atoms with E-state index < -0.39 is 5.82 Å². The molecule has 2 aliphatic heterocycles. The third-order valence-corrected chi connectivity index (χ3v) is 5.79. The molecule has 2 amide bonds. The van der Waals surface area contributed by atoms with E-state index >= 15 is 0 Å². The SMILES string of the molecule is O=C(Nc1ccnn1C1CCN(C(=O)c2ccc(Cl)c(F)c2)CC1)[C@@H]1CCOC1. The summed E-state index contributed by atoms with van der Waals surface area (Å²) in [5.74, 6) is -0.336. The molecule has 2 saturated heterocycles. The molecule has 9 heteroatoms. The third kappa shape index (κ3) is 4.28. The van der Waals surface area contributed by atoms with Crippen LogP contribution in [0.5, 0.6) is 0 Å². The minimum Gasteiger partial charge on any atom is -0.381 e. The van der Waals surface area contributed by atoms with E-state index in [4.69, 9.17) is 16.3 Å². The van der Waals surface area contributed by atoms with E-state index in [2.05, 4.69) is 10.4 Å². The van der Waals surface area contributed by atoms with Crippen LogP contribution in [0.25, 0.3) is 0 Å². The van der Waals surface area contributed by atoms with Crippen LogP contribution in [0.2, 0.25) is 5.02 Å². The molecule has 0 radical (unpaired) electrons. The van der Waals surface area contributed by atoms with Gasteiger partial charge in [-0.2, -0.15) is 5.10 Å². The van der Waals surface area contributed by atoms with Crippen molar-refractivity contribution in [3.05, 3.63) is 46.9 Å². The average Bonchev–Trinajstić information content (AvgIpc) is 3.42. The Balaban J connectivity index is 1.37. The van der Waals surface area contributed by atoms with E-state index in [1.807, 2.05) is 4.68 Å². The zero-order valence-corrected chi connectivity index (χ0v) is 16.6. The second-order valence-electron chi connectivity index (χ2n) is 7.36. The van der Waals surface area contributed by atoms with Gasteiger partial charge < -0.3 is 15.0 Å². The number of hydrogen-bond donors (Lipinski definition) is 1. The third-order valence-electron chi connectivity index (χ3n) is 5.49. The number of nitrogens with one attached hydrogen (secondary N) is 1. The lowest BCUT2D eigenvalue weighted by atomic mass is 10.0. The van der Waals surface area contributed by atoms with Crippen LogP contribution in [-0.4, -0.2) is 52.8 Å². The Kier molecular flexibility index (Phi) is 5.82. The summed E-state index contributed by atoms with van der Waals surface area (Å²) in [6.45, 7) is 2.11. The standard InChI is InChI=1S/C20H22ClFN4O3/c21-16-2-1-13(11-17(16)22)20(28)25-8-4-15(5-9-25)26-18(3-7-23-26)24-19(27)14-6-10-29-12-14/h1-3,7,11,14-15H,4-6,8-10,12H2,(H,24,27)/t14-/m1/s1. The first-order valence-electron chi connectivity index (χ1n) is 9.69. The number of amides is 2. The van der Waals surface area contributed by atoms with Crippen LogP contribution in [0.3, 0.4) is 0 Å². The number of rotatable bonds is 4. The Morgan fingerprint density at radius 3 is 2.69 bits per heavy atom. The lowest BCUT2D eigenvalue weighted by Gasteiger charge is -2.33. The minimum atomic E-state index is -0.600. The van der Waals surface area contributed by atoms with Gasteiger partial charge >= 0.3 is 0 Å². The van der Waals surface area contributed by atoms with E-state index in [0.29, 0.717) is 45.0 Å². The molecule has 0 saturated carbocycles. The molecule has 154 valence electrons. The van der Waals surface area contributed by atoms with Crippen LogP contribution in [0.1, 0.15) is 35.7 Å². The lowest BCUT2D eigenvalue weighted by molar-refractivity contribution is -0.119. The van der Waals surface area contributed by atoms with Gasteiger partial charge in [0.15, 0.2) is 0 Å². The van der Waals surface area contributed by atoms with Crippen molar-refractivity contribution in [1.82, 2.24) is 14.7 Å². The van der Waals surface area contributed by atoms with E-state index in [-0.39, 0.29) is 34.4 Å². The highest BCUT2D eigenvalue weighted by Gasteiger charge is 2.28. The maximum atomic E-state index is 13.7. The molecule has 2 aliphatic rings. The molecule has 0 aliphatic carbocycles. The van der Waals surface area contributed by atoms with Crippen molar-refractivity contribution in [2.45, 2.75) is 25.3 Å². The molecule has 2 fully saturated rings. The maximum absolute atomic E-state index is 13.7. The van der Waals surface area contributed by atoms with Crippen molar-refractivity contribution in [3.8, 4) is 0 Å². The predicted octanol–water partition coefficient (Wildman–Crippen LogP) is 3.13. The summed E-state index contributed by atoms with van der Waals surface area (Å²) in [4.78, 5) is 26.7. The summed E-state index contributed by atoms with van der Waals surface area (Å²) in [5.41, 5.74) is 0.288. The van der Waals surface area contributed by atoms with E-state index in [9.17, 15) is 14.0 Å². The number of carbonyl (C=O) groups is 2. The van der Waals surface area contributed by atoms with Crippen molar-refractivity contribution in [2.75, 3.05) is 31.6 Å². The van der Waals surface area contributed by atoms with Crippen molar-refractivity contribution in [2.24, 2.45) is 5.92 Å². The number of aromatic nitrogens is 2. The van der Waals surface area contributed by atoms with Gasteiger partial charge in [-0.15, -0.1) is 0 Å². The fourth-order valence-corrected chi connectivity index (χ4v) is 3.92. The molecule has 1 atom stereocenters. The second kappa shape index (κ2) is 8.51. The smallest absolute Gasteiger partial charge is 0.253 e. The van der Waals surface area contributed by atoms with Gasteiger partial charge in [0.25, 0.3) is 5.91 Å². The first kappa shape index (κ1) is 19.8. The first-order chi connectivity index (χ1) is 14.0. The Morgan fingerprint density at radius 2 is 2.00 bits per heavy atom. The fourth-order valence-electron chi connectivity index (χ4n) is 3.80. The van der Waals surface area contributed by atoms with E-state index in [1.165, 1.54) is 18.2 Å². The van der Waals surface area contributed by atoms with Gasteiger partial charge in [-0.3, -0.25) is 9.59 Å². The number of hydrogen-bond acceptors (Lipinski definition) is 4. The normalized spacial score (nSPS) is 20.1. The van der Waals surface area contributed by atoms with Crippen molar-refractivity contribution in [1.29, 1.82) is 0 Å². The highest BCUT2D eigenvalue weighted by Crippen LogP contribution is 2.27. The summed E-state index contributed by atoms with van der Waals surface area (Å²) in [6.07, 6.45) is 3.78. The topological polar surface area (TPSA) is 76.5 Å². The molecule has 7 nitrogen and oxygen atoms in total. The van der Waals surface area contributed by atoms with Crippen LogP contribution in [-0.2, 0) is 9.53 Å². The number of anilines is 1. The molecule has 0 spiro atoms. The molecule has 29 heavy (non-hydrogen) atoms. The molecule has 1 aromatic heterocycles. The number of nitrogens with zero attached hydrogens (tertiary/aromatic N) is 3. The molecule has 3 heterocycles. The number of carbonyl (C=O) groups excluding carboxylic acids is 2. The van der Waals surface area contributed by atoms with Crippen LogP contribution >= 0.6 is 11.6 Å². The number of likely N-dealkylation sites (tertiary alicyclic amines) is 1. The predicted molar refractivity (Wildman–Crippen MR) is 105 cm³/mol. The van der Waals surface area contributed by atoms with Gasteiger partial charge in [0, 0.05) is 31.3 Å². The zero-order chi connectivity index (χ0) is 20.4. The van der Waals surface area contributed by atoms with Crippen LogP contribution < -0.4 is 5.32 Å². The summed E-state index contributed by atoms with van der Waals surface area (Å²) in [7, 11) is 0. The number of piperidine rings is 1. The van der Waals surface area contributed by atoms with Crippen molar-refractivity contribution >= 4 is 29.2 Å². The summed E-state index contributed by atoms with van der Waals surface area (Å²) < 4.78 is 20.8. The molecule has 4 rings (SSSR count). The van der Waals surface area contributed by atoms with Crippen LogP contribution in [0.15, 0.2) is 30.5 Å². The molecule has 0 bridgehead atoms. The summed E-state index contributed by atoms with van der Waals surface area (Å²) >= 11 is 5.69. The zero-order valence-electron chi connectivity index (χ0n) is 15.8. The molecular formula is C20H22ClFN4O3. The van der Waals surface area contributed by atoms with Gasteiger partial charge in [-0.05, 0) is 37.5 Å². The van der Waals surface area contributed by atoms with Gasteiger partial charge in [0.05, 0.1) is 29.8 Å². The number of ether oxygens (including phenoxy) is 1.